The summed E-state index contributed by atoms with van der Waals surface area (Å²) in [6, 6.07) is 4.92. The van der Waals surface area contributed by atoms with Crippen LogP contribution < -0.4 is 11.1 Å². The second-order valence-electron chi connectivity index (χ2n) is 6.18. The van der Waals surface area contributed by atoms with Crippen molar-refractivity contribution >= 4 is 22.9 Å². The van der Waals surface area contributed by atoms with E-state index in [9.17, 15) is 4.39 Å². The fraction of sp³-hybridized carbons (Fsp3) is 0.368. The van der Waals surface area contributed by atoms with Crippen molar-refractivity contribution < 1.29 is 8.81 Å². The lowest BCUT2D eigenvalue weighted by molar-refractivity contribution is 0.304. The van der Waals surface area contributed by atoms with Crippen LogP contribution in [0.2, 0.25) is 5.28 Å². The fourth-order valence-electron chi connectivity index (χ4n) is 2.67. The van der Waals surface area contributed by atoms with Crippen LogP contribution >= 0.6 is 11.6 Å². The number of rotatable bonds is 6. The van der Waals surface area contributed by atoms with E-state index in [1.165, 1.54) is 6.92 Å². The van der Waals surface area contributed by atoms with Crippen LogP contribution in [0.25, 0.3) is 5.52 Å². The van der Waals surface area contributed by atoms with Crippen molar-refractivity contribution in [3.8, 4) is 11.8 Å². The molecule has 0 saturated carbocycles. The summed E-state index contributed by atoms with van der Waals surface area (Å²) in [6.45, 7) is 3.84. The summed E-state index contributed by atoms with van der Waals surface area (Å²) in [4.78, 5) is 4.28. The van der Waals surface area contributed by atoms with Crippen LogP contribution in [0.15, 0.2) is 28.9 Å². The number of alkyl halides is 1. The molecule has 0 bridgehead atoms. The van der Waals surface area contributed by atoms with Crippen molar-refractivity contribution in [2.24, 2.45) is 5.73 Å². The van der Waals surface area contributed by atoms with Gasteiger partial charge >= 0.3 is 0 Å². The summed E-state index contributed by atoms with van der Waals surface area (Å²) in [5, 5.41) is 7.56. The zero-order valence-electron chi connectivity index (χ0n) is 15.2. The van der Waals surface area contributed by atoms with Crippen LogP contribution in [0.3, 0.4) is 0 Å². The van der Waals surface area contributed by atoms with Gasteiger partial charge in [-0.05, 0) is 54.6 Å². The molecule has 0 aromatic carbocycles. The fourth-order valence-corrected chi connectivity index (χ4v) is 2.83. The molecule has 0 unspecified atom stereocenters. The van der Waals surface area contributed by atoms with Crippen molar-refractivity contribution in [2.75, 3.05) is 5.32 Å². The summed E-state index contributed by atoms with van der Waals surface area (Å²) in [7, 11) is 0. The quantitative estimate of drug-likeness (QED) is 0.630. The van der Waals surface area contributed by atoms with Crippen LogP contribution in [0.5, 0.6) is 0 Å². The molecule has 27 heavy (non-hydrogen) atoms. The van der Waals surface area contributed by atoms with Gasteiger partial charge in [0.15, 0.2) is 5.82 Å². The van der Waals surface area contributed by atoms with Crippen molar-refractivity contribution in [1.82, 2.24) is 14.6 Å². The minimum atomic E-state index is -1.13. The maximum Gasteiger partial charge on any atom is 0.243 e. The van der Waals surface area contributed by atoms with Crippen LogP contribution in [0, 0.1) is 11.8 Å². The summed E-state index contributed by atoms with van der Waals surface area (Å²) in [5.41, 5.74) is 8.09. The van der Waals surface area contributed by atoms with Crippen LogP contribution in [-0.2, 0) is 13.0 Å². The molecule has 2 atom stereocenters. The molecule has 0 spiro atoms. The SMILES string of the molecule is CCC#Cc1c(C[C@@H](N)[C@H](C)F)cc2c(NCc3ccco3)nc(Cl)nn12. The first-order valence-electron chi connectivity index (χ1n) is 8.72. The topological polar surface area (TPSA) is 81.4 Å². The summed E-state index contributed by atoms with van der Waals surface area (Å²) >= 11 is 6.12. The Balaban J connectivity index is 2.05. The number of hydrogen-bond donors (Lipinski definition) is 2. The number of nitrogens with zero attached hydrogens (tertiary/aromatic N) is 3. The Kier molecular flexibility index (Phi) is 5.99. The third-order valence-electron chi connectivity index (χ3n) is 4.12. The number of furan rings is 1. The third kappa shape index (κ3) is 4.41. The molecule has 0 aliphatic rings. The first-order valence-corrected chi connectivity index (χ1v) is 9.10. The van der Waals surface area contributed by atoms with Gasteiger partial charge in [-0.3, -0.25) is 0 Å². The van der Waals surface area contributed by atoms with E-state index in [1.54, 1.807) is 10.8 Å². The highest BCUT2D eigenvalue weighted by molar-refractivity contribution is 6.28. The Morgan fingerprint density at radius 1 is 1.48 bits per heavy atom. The lowest BCUT2D eigenvalue weighted by Crippen LogP contribution is -2.31. The molecule has 142 valence electrons. The minimum absolute atomic E-state index is 0.0781. The number of halogens is 2. The predicted octanol–water partition coefficient (Wildman–Crippen LogP) is 3.58. The number of nitrogens with two attached hydrogens (primary N) is 1. The van der Waals surface area contributed by atoms with E-state index in [0.717, 1.165) is 11.3 Å². The van der Waals surface area contributed by atoms with Crippen LogP contribution in [-0.4, -0.2) is 26.8 Å². The molecule has 3 aromatic heterocycles. The minimum Gasteiger partial charge on any atom is -0.467 e. The number of fused-ring (bicyclic) bond motifs is 1. The van der Waals surface area contributed by atoms with Crippen molar-refractivity contribution in [3.63, 3.8) is 0 Å². The molecular formula is C19H21ClFN5O. The Hall–Kier alpha value is -2.56. The Labute approximate surface area is 161 Å². The first kappa shape index (κ1) is 19.2. The molecule has 3 N–H and O–H groups in total. The highest BCUT2D eigenvalue weighted by Gasteiger charge is 2.19. The number of aromatic nitrogens is 3. The van der Waals surface area contributed by atoms with Gasteiger partial charge in [0.25, 0.3) is 0 Å². The van der Waals surface area contributed by atoms with Gasteiger partial charge in [0.1, 0.15) is 23.1 Å². The highest BCUT2D eigenvalue weighted by atomic mass is 35.5. The molecule has 0 radical (unpaired) electrons. The van der Waals surface area contributed by atoms with E-state index < -0.39 is 12.2 Å². The average molecular weight is 390 g/mol. The maximum absolute atomic E-state index is 13.6. The molecule has 6 nitrogen and oxygen atoms in total. The lowest BCUT2D eigenvalue weighted by atomic mass is 10.0. The largest absolute Gasteiger partial charge is 0.467 e. The molecule has 0 aliphatic heterocycles. The Morgan fingerprint density at radius 3 is 2.96 bits per heavy atom. The van der Waals surface area contributed by atoms with E-state index in [2.05, 4.69) is 27.2 Å². The van der Waals surface area contributed by atoms with Gasteiger partial charge in [0.2, 0.25) is 5.28 Å². The Bertz CT molecular complexity index is 972. The van der Waals surface area contributed by atoms with Gasteiger partial charge in [0.05, 0.1) is 12.8 Å². The van der Waals surface area contributed by atoms with Gasteiger partial charge in [-0.15, -0.1) is 5.10 Å². The molecule has 3 rings (SSSR count). The normalized spacial score (nSPS) is 13.2. The highest BCUT2D eigenvalue weighted by Crippen LogP contribution is 2.24. The molecule has 0 aliphatic carbocycles. The zero-order chi connectivity index (χ0) is 19.4. The van der Waals surface area contributed by atoms with E-state index >= 15 is 0 Å². The lowest BCUT2D eigenvalue weighted by Gasteiger charge is -2.11. The number of anilines is 1. The summed E-state index contributed by atoms with van der Waals surface area (Å²) in [5.74, 6) is 7.43. The summed E-state index contributed by atoms with van der Waals surface area (Å²) in [6.07, 6.45) is 1.49. The maximum atomic E-state index is 13.6. The smallest absolute Gasteiger partial charge is 0.243 e. The number of hydrogen-bond acceptors (Lipinski definition) is 5. The van der Waals surface area contributed by atoms with Gasteiger partial charge in [-0.2, -0.15) is 4.98 Å². The van der Waals surface area contributed by atoms with Crippen LogP contribution in [0.4, 0.5) is 10.2 Å². The standard InChI is InChI=1S/C19H21ClFN5O/c1-3-4-7-16-13(9-15(22)12(2)21)10-17-18(24-19(20)25-26(16)17)23-11-14-6-5-8-27-14/h5-6,8,10,12,15H,3,9,11,22H2,1-2H3,(H,23,24,25)/t12-,15+/m0/s1. The predicted molar refractivity (Wildman–Crippen MR) is 103 cm³/mol. The molecule has 0 fully saturated rings. The van der Waals surface area contributed by atoms with Gasteiger partial charge < -0.3 is 15.5 Å². The van der Waals surface area contributed by atoms with Crippen molar-refractivity contribution in [1.29, 1.82) is 0 Å². The van der Waals surface area contributed by atoms with Crippen molar-refractivity contribution in [3.05, 3.63) is 46.8 Å². The van der Waals surface area contributed by atoms with E-state index in [4.69, 9.17) is 21.8 Å². The van der Waals surface area contributed by atoms with Gasteiger partial charge in [-0.1, -0.05) is 12.8 Å². The number of nitrogens with one attached hydrogen (secondary N) is 1. The molecule has 0 saturated heterocycles. The molecule has 3 aromatic rings. The molecule has 0 amide bonds. The molecule has 8 heteroatoms. The zero-order valence-corrected chi connectivity index (χ0v) is 15.9. The van der Waals surface area contributed by atoms with E-state index in [1.807, 2.05) is 25.1 Å². The monoisotopic (exact) mass is 389 g/mol. The van der Waals surface area contributed by atoms with Crippen molar-refractivity contribution in [2.45, 2.75) is 45.4 Å². The third-order valence-corrected chi connectivity index (χ3v) is 4.28. The Morgan fingerprint density at radius 2 is 2.30 bits per heavy atom. The van der Waals surface area contributed by atoms with E-state index in [-0.39, 0.29) is 5.28 Å². The van der Waals surface area contributed by atoms with Crippen LogP contribution in [0.1, 0.15) is 37.3 Å². The molecule has 3 heterocycles. The van der Waals surface area contributed by atoms with Gasteiger partial charge in [0, 0.05) is 12.5 Å². The second-order valence-corrected chi connectivity index (χ2v) is 6.52. The molecular weight excluding hydrogens is 369 g/mol. The second kappa shape index (κ2) is 8.42. The summed E-state index contributed by atoms with van der Waals surface area (Å²) < 4.78 is 20.6. The first-order chi connectivity index (χ1) is 13.0. The van der Waals surface area contributed by atoms with E-state index in [0.29, 0.717) is 36.4 Å². The van der Waals surface area contributed by atoms with Gasteiger partial charge in [-0.25, -0.2) is 8.91 Å². The average Bonchev–Trinajstić information content (AvgIpc) is 3.26.